The van der Waals surface area contributed by atoms with E-state index in [4.69, 9.17) is 0 Å². The lowest BCUT2D eigenvalue weighted by Crippen LogP contribution is -2.14. The van der Waals surface area contributed by atoms with E-state index in [9.17, 15) is 0 Å². The van der Waals surface area contributed by atoms with Gasteiger partial charge in [0.05, 0.1) is 10.2 Å². The van der Waals surface area contributed by atoms with Gasteiger partial charge in [-0.1, -0.05) is 60.7 Å². The average Bonchev–Trinajstić information content (AvgIpc) is 2.41. The van der Waals surface area contributed by atoms with E-state index in [1.165, 1.54) is 16.5 Å². The number of hydrogen-bond acceptors (Lipinski definition) is 1. The van der Waals surface area contributed by atoms with Crippen molar-refractivity contribution in [1.29, 1.82) is 0 Å². The Hall–Kier alpha value is -1.67. The molecule has 0 aromatic heterocycles. The van der Waals surface area contributed by atoms with Crippen molar-refractivity contribution >= 4 is 15.6 Å². The van der Waals surface area contributed by atoms with Gasteiger partial charge in [0, 0.05) is 13.0 Å². The molecule has 86 valence electrons. The summed E-state index contributed by atoms with van der Waals surface area (Å²) in [6, 6.07) is 21.2. The van der Waals surface area contributed by atoms with Gasteiger partial charge in [-0.3, -0.25) is 0 Å². The normalized spacial score (nSPS) is 12.0. The van der Waals surface area contributed by atoms with E-state index < -0.39 is 0 Å². The maximum atomic E-state index is 4.42. The third kappa shape index (κ3) is 2.71. The molecule has 0 amide bonds. The second kappa shape index (κ2) is 5.59. The highest BCUT2D eigenvalue weighted by Crippen LogP contribution is 2.24. The van der Waals surface area contributed by atoms with Crippen molar-refractivity contribution in [3.8, 4) is 0 Å². The highest BCUT2D eigenvalue weighted by Gasteiger charge is 2.15. The minimum absolute atomic E-state index is 0.328. The van der Waals surface area contributed by atoms with Gasteiger partial charge in [0.25, 0.3) is 0 Å². The molecule has 2 aromatic carbocycles. The molecule has 2 heteroatoms. The van der Waals surface area contributed by atoms with Crippen molar-refractivity contribution in [3.05, 3.63) is 71.8 Å². The van der Waals surface area contributed by atoms with E-state index >= 15 is 0 Å². The molecule has 0 aliphatic heterocycles. The van der Waals surface area contributed by atoms with Crippen LogP contribution in [0, 0.1) is 0 Å². The van der Waals surface area contributed by atoms with Crippen LogP contribution in [-0.4, -0.2) is 22.6 Å². The van der Waals surface area contributed by atoms with Gasteiger partial charge in [0.2, 0.25) is 0 Å². The lowest BCUT2D eigenvalue weighted by Gasteiger charge is -2.17. The van der Waals surface area contributed by atoms with Crippen LogP contribution in [0.3, 0.4) is 0 Å². The van der Waals surface area contributed by atoms with Crippen molar-refractivity contribution in [2.45, 2.75) is 5.92 Å². The van der Waals surface area contributed by atoms with Crippen LogP contribution >= 0.6 is 0 Å². The summed E-state index contributed by atoms with van der Waals surface area (Å²) in [5, 5.41) is 1.28. The van der Waals surface area contributed by atoms with Crippen LogP contribution in [0.4, 0.5) is 0 Å². The first-order chi connectivity index (χ1) is 8.33. The Bertz CT molecular complexity index is 451. The topological polar surface area (TPSA) is 12.4 Å². The minimum Gasteiger partial charge on any atom is -0.302 e. The molecule has 0 heterocycles. The molecule has 2 aromatic rings. The maximum Gasteiger partial charge on any atom is 0.0576 e. The van der Waals surface area contributed by atoms with Gasteiger partial charge in [0.1, 0.15) is 0 Å². The van der Waals surface area contributed by atoms with Gasteiger partial charge < -0.3 is 4.99 Å². The first-order valence-corrected chi connectivity index (χ1v) is 6.86. The number of hydrogen-bond donors (Lipinski definition) is 0. The quantitative estimate of drug-likeness (QED) is 0.575. The average molecular weight is 239 g/mol. The van der Waals surface area contributed by atoms with Crippen LogP contribution in [0.2, 0.25) is 0 Å². The fourth-order valence-corrected chi connectivity index (χ4v) is 2.76. The molecule has 2 rings (SSSR count). The Kier molecular flexibility index (Phi) is 3.88. The summed E-state index contributed by atoms with van der Waals surface area (Å²) in [6.07, 6.45) is 0. The predicted molar refractivity (Wildman–Crippen MR) is 78.0 cm³/mol. The summed E-state index contributed by atoms with van der Waals surface area (Å²) in [4.78, 5) is 4.42. The Morgan fingerprint density at radius 2 is 1.29 bits per heavy atom. The number of nitrogens with zero attached hydrogens (tertiary/aromatic N) is 1. The van der Waals surface area contributed by atoms with Crippen LogP contribution in [0.25, 0.3) is 0 Å². The molecule has 1 nitrogen and oxygen atoms in total. The highest BCUT2D eigenvalue weighted by molar-refractivity contribution is 6.61. The smallest absolute Gasteiger partial charge is 0.0576 e. The maximum absolute atomic E-state index is 4.42. The lowest BCUT2D eigenvalue weighted by atomic mass is 9.92. The highest BCUT2D eigenvalue weighted by atomic mass is 28.1. The van der Waals surface area contributed by atoms with E-state index in [1.807, 2.05) is 7.05 Å². The summed E-state index contributed by atoms with van der Waals surface area (Å²) in [5.74, 6) is 0.328. The van der Waals surface area contributed by atoms with Gasteiger partial charge in [-0.25, -0.2) is 0 Å². The first kappa shape index (κ1) is 11.8. The molecule has 0 aliphatic rings. The largest absolute Gasteiger partial charge is 0.302 e. The molecule has 17 heavy (non-hydrogen) atoms. The van der Waals surface area contributed by atoms with Crippen LogP contribution in [0.15, 0.2) is 65.7 Å². The Balaban J connectivity index is 2.47. The standard InChI is InChI=1S/C15H17NSi/c1-16-15(17)14(12-8-4-2-5-9-12)13-10-6-3-7-11-13/h2-11,14H,1,17H3. The number of rotatable bonds is 3. The number of benzene rings is 2. The fraction of sp³-hybridized carbons (Fsp3) is 0.133. The molecule has 0 saturated carbocycles. The molecule has 0 aliphatic carbocycles. The molecule has 0 bridgehead atoms. The van der Waals surface area contributed by atoms with E-state index in [0.29, 0.717) is 5.92 Å². The summed E-state index contributed by atoms with van der Waals surface area (Å²) < 4.78 is 0. The predicted octanol–water partition coefficient (Wildman–Crippen LogP) is 2.21. The summed E-state index contributed by atoms with van der Waals surface area (Å²) in [6.45, 7) is 0. The van der Waals surface area contributed by atoms with E-state index in [0.717, 1.165) is 10.2 Å². The molecule has 0 saturated heterocycles. The van der Waals surface area contributed by atoms with Gasteiger partial charge >= 0.3 is 0 Å². The second-order valence-corrected chi connectivity index (χ2v) is 5.14. The Labute approximate surface area is 106 Å². The zero-order valence-corrected chi connectivity index (χ0v) is 12.3. The third-order valence-corrected chi connectivity index (χ3v) is 4.06. The Morgan fingerprint density at radius 3 is 1.65 bits per heavy atom. The summed E-state index contributed by atoms with van der Waals surface area (Å²) in [7, 11) is 2.88. The van der Waals surface area contributed by atoms with Gasteiger partial charge in [-0.15, -0.1) is 0 Å². The first-order valence-electron chi connectivity index (χ1n) is 5.86. The lowest BCUT2D eigenvalue weighted by molar-refractivity contribution is 1.09. The second-order valence-electron chi connectivity index (χ2n) is 4.12. The van der Waals surface area contributed by atoms with Crippen molar-refractivity contribution in [2.75, 3.05) is 7.05 Å². The van der Waals surface area contributed by atoms with Crippen LogP contribution in [0.5, 0.6) is 0 Å². The molecule has 0 radical (unpaired) electrons. The molecular formula is C15H17NSi. The molecular weight excluding hydrogens is 222 g/mol. The van der Waals surface area contributed by atoms with Gasteiger partial charge in [0.15, 0.2) is 0 Å². The molecule has 0 fully saturated rings. The third-order valence-electron chi connectivity index (χ3n) is 3.04. The zero-order chi connectivity index (χ0) is 12.1. The van der Waals surface area contributed by atoms with Gasteiger partial charge in [-0.05, 0) is 16.5 Å². The van der Waals surface area contributed by atoms with Crippen LogP contribution in [0.1, 0.15) is 17.0 Å². The van der Waals surface area contributed by atoms with Crippen molar-refractivity contribution in [3.63, 3.8) is 0 Å². The van der Waals surface area contributed by atoms with Crippen LogP contribution in [-0.2, 0) is 0 Å². The van der Waals surface area contributed by atoms with E-state index in [1.54, 1.807) is 0 Å². The minimum atomic E-state index is 0.328. The fourth-order valence-electron chi connectivity index (χ4n) is 2.09. The Morgan fingerprint density at radius 1 is 0.882 bits per heavy atom. The zero-order valence-electron chi connectivity index (χ0n) is 10.3. The SMILES string of the molecule is CN=C([SiH3])C(c1ccccc1)c1ccccc1. The summed E-state index contributed by atoms with van der Waals surface area (Å²) in [5.41, 5.74) is 2.66. The van der Waals surface area contributed by atoms with Crippen molar-refractivity contribution in [2.24, 2.45) is 4.99 Å². The van der Waals surface area contributed by atoms with Crippen molar-refractivity contribution < 1.29 is 0 Å². The van der Waals surface area contributed by atoms with Crippen molar-refractivity contribution in [1.82, 2.24) is 0 Å². The monoisotopic (exact) mass is 239 g/mol. The van der Waals surface area contributed by atoms with Gasteiger partial charge in [-0.2, -0.15) is 0 Å². The molecule has 0 spiro atoms. The molecule has 0 unspecified atom stereocenters. The van der Waals surface area contributed by atoms with Crippen LogP contribution < -0.4 is 0 Å². The molecule has 0 N–H and O–H groups in total. The van der Waals surface area contributed by atoms with E-state index in [-0.39, 0.29) is 0 Å². The number of aliphatic imine (C=N–C) groups is 1. The molecule has 0 atom stereocenters. The summed E-state index contributed by atoms with van der Waals surface area (Å²) >= 11 is 0. The van der Waals surface area contributed by atoms with E-state index in [2.05, 4.69) is 65.7 Å².